The highest BCUT2D eigenvalue weighted by molar-refractivity contribution is 5.60. The molecule has 1 saturated heterocycles. The van der Waals surface area contributed by atoms with Crippen LogP contribution >= 0.6 is 0 Å². The van der Waals surface area contributed by atoms with Gasteiger partial charge in [0.25, 0.3) is 0 Å². The van der Waals surface area contributed by atoms with Crippen molar-refractivity contribution in [3.8, 4) is 17.0 Å². The molecule has 2 aromatic carbocycles. The molecular formula is C24H27N3O. The molecule has 0 aliphatic carbocycles. The molecule has 3 aromatic rings. The Morgan fingerprint density at radius 1 is 1.00 bits per heavy atom. The molecule has 0 amide bonds. The second-order valence-electron chi connectivity index (χ2n) is 7.41. The molecular weight excluding hydrogens is 346 g/mol. The van der Waals surface area contributed by atoms with Crippen molar-refractivity contribution in [3.63, 3.8) is 0 Å². The van der Waals surface area contributed by atoms with Gasteiger partial charge in [-0.15, -0.1) is 0 Å². The molecule has 0 spiro atoms. The van der Waals surface area contributed by atoms with Crippen molar-refractivity contribution in [3.05, 3.63) is 78.2 Å². The van der Waals surface area contributed by atoms with Crippen molar-refractivity contribution in [2.45, 2.75) is 25.2 Å². The average Bonchev–Trinajstić information content (AvgIpc) is 2.79. The zero-order chi connectivity index (χ0) is 19.2. The molecule has 1 aliphatic rings. The number of methoxy groups -OCH3 is 1. The summed E-state index contributed by atoms with van der Waals surface area (Å²) in [5.74, 6) is 1.34. The van der Waals surface area contributed by atoms with E-state index >= 15 is 0 Å². The third-order valence-electron chi connectivity index (χ3n) is 5.58. The predicted octanol–water partition coefficient (Wildman–Crippen LogP) is 4.57. The first-order chi connectivity index (χ1) is 13.8. The lowest BCUT2D eigenvalue weighted by Gasteiger charge is -2.31. The van der Waals surface area contributed by atoms with Gasteiger partial charge in [-0.3, -0.25) is 4.98 Å². The van der Waals surface area contributed by atoms with Gasteiger partial charge in [0, 0.05) is 24.2 Å². The summed E-state index contributed by atoms with van der Waals surface area (Å²) in [5, 5.41) is 0. The van der Waals surface area contributed by atoms with E-state index in [2.05, 4.69) is 46.3 Å². The maximum absolute atomic E-state index is 5.34. The summed E-state index contributed by atoms with van der Waals surface area (Å²) < 4.78 is 5.34. The Kier molecular flexibility index (Phi) is 5.98. The van der Waals surface area contributed by atoms with Crippen LogP contribution in [-0.2, 0) is 6.42 Å². The van der Waals surface area contributed by atoms with Gasteiger partial charge in [-0.05, 0) is 50.0 Å². The maximum atomic E-state index is 5.34. The van der Waals surface area contributed by atoms with Crippen molar-refractivity contribution in [1.82, 2.24) is 14.9 Å². The number of benzene rings is 2. The van der Waals surface area contributed by atoms with Crippen LogP contribution in [0.3, 0.4) is 0 Å². The van der Waals surface area contributed by atoms with E-state index in [-0.39, 0.29) is 0 Å². The fraction of sp³-hybridized carbons (Fsp3) is 0.333. The first-order valence-electron chi connectivity index (χ1n) is 10.0. The van der Waals surface area contributed by atoms with Gasteiger partial charge in [0.15, 0.2) is 0 Å². The molecule has 0 unspecified atom stereocenters. The molecule has 28 heavy (non-hydrogen) atoms. The Morgan fingerprint density at radius 2 is 1.82 bits per heavy atom. The number of nitrogens with zero attached hydrogens (tertiary/aromatic N) is 3. The molecule has 0 bridgehead atoms. The Hall–Kier alpha value is -2.72. The van der Waals surface area contributed by atoms with Crippen molar-refractivity contribution in [1.29, 1.82) is 0 Å². The lowest BCUT2D eigenvalue weighted by Crippen LogP contribution is -2.34. The van der Waals surface area contributed by atoms with Crippen molar-refractivity contribution >= 4 is 0 Å². The highest BCUT2D eigenvalue weighted by atomic mass is 16.5. The van der Waals surface area contributed by atoms with Crippen LogP contribution in [0.15, 0.2) is 67.0 Å². The molecule has 4 rings (SSSR count). The Morgan fingerprint density at radius 3 is 2.61 bits per heavy atom. The van der Waals surface area contributed by atoms with E-state index in [0.717, 1.165) is 61.6 Å². The minimum atomic E-state index is 0.492. The van der Waals surface area contributed by atoms with Crippen LogP contribution < -0.4 is 4.74 Å². The van der Waals surface area contributed by atoms with Crippen LogP contribution in [0.2, 0.25) is 0 Å². The summed E-state index contributed by atoms with van der Waals surface area (Å²) >= 11 is 0. The SMILES string of the molecule is COc1cccc(-c2cncc(C3CCN(CCc4ccccc4)CC3)n2)c1. The zero-order valence-electron chi connectivity index (χ0n) is 16.4. The predicted molar refractivity (Wildman–Crippen MR) is 113 cm³/mol. The van der Waals surface area contributed by atoms with E-state index in [9.17, 15) is 0 Å². The van der Waals surface area contributed by atoms with Crippen LogP contribution in [0.25, 0.3) is 11.3 Å². The summed E-state index contributed by atoms with van der Waals surface area (Å²) in [5.41, 5.74) is 4.50. The molecule has 1 fully saturated rings. The lowest BCUT2D eigenvalue weighted by molar-refractivity contribution is 0.213. The maximum Gasteiger partial charge on any atom is 0.119 e. The summed E-state index contributed by atoms with van der Waals surface area (Å²) in [4.78, 5) is 12.0. The smallest absolute Gasteiger partial charge is 0.119 e. The second kappa shape index (κ2) is 8.98. The molecule has 144 valence electrons. The number of hydrogen-bond acceptors (Lipinski definition) is 4. The highest BCUT2D eigenvalue weighted by Crippen LogP contribution is 2.28. The van der Waals surface area contributed by atoms with Gasteiger partial charge in [0.05, 0.1) is 24.7 Å². The summed E-state index contributed by atoms with van der Waals surface area (Å²) in [6.07, 6.45) is 7.19. The van der Waals surface area contributed by atoms with Gasteiger partial charge in [-0.25, -0.2) is 4.98 Å². The van der Waals surface area contributed by atoms with Gasteiger partial charge in [-0.1, -0.05) is 42.5 Å². The molecule has 0 saturated carbocycles. The molecule has 0 radical (unpaired) electrons. The van der Waals surface area contributed by atoms with Crippen LogP contribution in [0.5, 0.6) is 5.75 Å². The normalized spacial score (nSPS) is 15.5. The van der Waals surface area contributed by atoms with Crippen molar-refractivity contribution in [2.75, 3.05) is 26.7 Å². The second-order valence-corrected chi connectivity index (χ2v) is 7.41. The number of ether oxygens (including phenoxy) is 1. The first-order valence-corrected chi connectivity index (χ1v) is 10.0. The van der Waals surface area contributed by atoms with Gasteiger partial charge in [-0.2, -0.15) is 0 Å². The number of rotatable bonds is 6. The minimum absolute atomic E-state index is 0.492. The van der Waals surface area contributed by atoms with Gasteiger partial charge in [0.1, 0.15) is 5.75 Å². The summed E-state index contributed by atoms with van der Waals surface area (Å²) in [6.45, 7) is 3.39. The van der Waals surface area contributed by atoms with E-state index in [0.29, 0.717) is 5.92 Å². The largest absolute Gasteiger partial charge is 0.497 e. The van der Waals surface area contributed by atoms with Crippen LogP contribution in [-0.4, -0.2) is 41.6 Å². The topological polar surface area (TPSA) is 38.2 Å². The monoisotopic (exact) mass is 373 g/mol. The van der Waals surface area contributed by atoms with Crippen molar-refractivity contribution in [2.24, 2.45) is 0 Å². The first kappa shape index (κ1) is 18.6. The van der Waals surface area contributed by atoms with Crippen LogP contribution in [0.1, 0.15) is 30.0 Å². The number of likely N-dealkylation sites (tertiary alicyclic amines) is 1. The van der Waals surface area contributed by atoms with Crippen LogP contribution in [0.4, 0.5) is 0 Å². The van der Waals surface area contributed by atoms with Gasteiger partial charge >= 0.3 is 0 Å². The van der Waals surface area contributed by atoms with E-state index in [1.807, 2.05) is 30.6 Å². The molecule has 2 heterocycles. The average molecular weight is 374 g/mol. The van der Waals surface area contributed by atoms with Crippen LogP contribution in [0, 0.1) is 0 Å². The Balaban J connectivity index is 1.37. The fourth-order valence-electron chi connectivity index (χ4n) is 3.88. The van der Waals surface area contributed by atoms with Gasteiger partial charge < -0.3 is 9.64 Å². The van der Waals surface area contributed by atoms with Crippen molar-refractivity contribution < 1.29 is 4.74 Å². The molecule has 0 atom stereocenters. The summed E-state index contributed by atoms with van der Waals surface area (Å²) in [6, 6.07) is 18.8. The quantitative estimate of drug-likeness (QED) is 0.634. The third-order valence-corrected chi connectivity index (χ3v) is 5.58. The highest BCUT2D eigenvalue weighted by Gasteiger charge is 2.22. The third kappa shape index (κ3) is 4.57. The molecule has 4 heteroatoms. The zero-order valence-corrected chi connectivity index (χ0v) is 16.4. The van der Waals surface area contributed by atoms with Gasteiger partial charge in [0.2, 0.25) is 0 Å². The molecule has 0 N–H and O–H groups in total. The van der Waals surface area contributed by atoms with E-state index < -0.39 is 0 Å². The summed E-state index contributed by atoms with van der Waals surface area (Å²) in [7, 11) is 1.69. The molecule has 1 aliphatic heterocycles. The minimum Gasteiger partial charge on any atom is -0.497 e. The van der Waals surface area contributed by atoms with E-state index in [1.54, 1.807) is 7.11 Å². The van der Waals surface area contributed by atoms with E-state index in [1.165, 1.54) is 5.56 Å². The van der Waals surface area contributed by atoms with E-state index in [4.69, 9.17) is 9.72 Å². The standard InChI is InChI=1S/C24H27N3O/c1-28-22-9-5-8-21(16-22)24-18-25-17-23(26-24)20-11-14-27(15-12-20)13-10-19-6-3-2-4-7-19/h2-9,16-18,20H,10-15H2,1H3. The molecule has 1 aromatic heterocycles. The number of piperidine rings is 1. The number of aromatic nitrogens is 2. The molecule has 4 nitrogen and oxygen atoms in total. The fourth-order valence-corrected chi connectivity index (χ4v) is 3.88. The Bertz CT molecular complexity index is 889. The Labute approximate surface area is 167 Å². The lowest BCUT2D eigenvalue weighted by atomic mass is 9.93. The number of hydrogen-bond donors (Lipinski definition) is 0.